The standard InChI is InChI=1S/C14H16Cl2N2OS/c1-14(2,3)20(19)17-8-10-7-9-5-4-6-11(15)12(9)18-13(10)16/h4-7,17H,8H2,1-3H3. The van der Waals surface area contributed by atoms with Gasteiger partial charge in [0.05, 0.1) is 17.1 Å². The van der Waals surface area contributed by atoms with Gasteiger partial charge in [-0.15, -0.1) is 4.72 Å². The van der Waals surface area contributed by atoms with Crippen molar-refractivity contribution >= 4 is 45.5 Å². The summed E-state index contributed by atoms with van der Waals surface area (Å²) in [6, 6.07) is 7.49. The van der Waals surface area contributed by atoms with E-state index < -0.39 is 11.4 Å². The van der Waals surface area contributed by atoms with Crippen LogP contribution in [0.15, 0.2) is 24.3 Å². The third-order valence-electron chi connectivity index (χ3n) is 2.77. The van der Waals surface area contributed by atoms with Crippen LogP contribution in [0.25, 0.3) is 10.9 Å². The second-order valence-electron chi connectivity index (χ2n) is 5.45. The highest BCUT2D eigenvalue weighted by Gasteiger charge is 2.26. The molecule has 1 aromatic carbocycles. The van der Waals surface area contributed by atoms with Crippen molar-refractivity contribution in [2.75, 3.05) is 0 Å². The van der Waals surface area contributed by atoms with Gasteiger partial charge >= 0.3 is 0 Å². The number of rotatable bonds is 3. The van der Waals surface area contributed by atoms with Crippen LogP contribution in [0.3, 0.4) is 0 Å². The molecule has 0 bridgehead atoms. The molecule has 0 saturated heterocycles. The predicted octanol–water partition coefficient (Wildman–Crippen LogP) is 4.09. The first kappa shape index (κ1) is 15.9. The number of hydrogen-bond acceptors (Lipinski definition) is 3. The zero-order valence-electron chi connectivity index (χ0n) is 11.5. The van der Waals surface area contributed by atoms with E-state index in [2.05, 4.69) is 9.71 Å². The van der Waals surface area contributed by atoms with Crippen LogP contribution in [0.1, 0.15) is 26.3 Å². The maximum absolute atomic E-state index is 12.0. The summed E-state index contributed by atoms with van der Waals surface area (Å²) in [5.74, 6) is 0. The molecule has 1 atom stereocenters. The number of nitrogens with one attached hydrogen (secondary N) is 1. The molecule has 0 aliphatic carbocycles. The molecule has 108 valence electrons. The molecular formula is C14H16Cl2N2OS. The molecule has 0 radical (unpaired) electrons. The quantitative estimate of drug-likeness (QED) is 0.681. The molecule has 0 amide bonds. The Kier molecular flexibility index (Phi) is 4.82. The fraction of sp³-hybridized carbons (Fsp3) is 0.357. The summed E-state index contributed by atoms with van der Waals surface area (Å²) in [6.07, 6.45) is 0. The summed E-state index contributed by atoms with van der Waals surface area (Å²) >= 11 is 11.1. The number of benzene rings is 1. The van der Waals surface area contributed by atoms with Gasteiger partial charge in [-0.3, -0.25) is 0 Å². The van der Waals surface area contributed by atoms with E-state index in [0.29, 0.717) is 22.2 Å². The molecule has 1 unspecified atom stereocenters. The zero-order chi connectivity index (χ0) is 14.9. The van der Waals surface area contributed by atoms with Gasteiger partial charge in [0.2, 0.25) is 0 Å². The van der Waals surface area contributed by atoms with Crippen LogP contribution in [0.2, 0.25) is 10.2 Å². The monoisotopic (exact) mass is 330 g/mol. The number of aromatic nitrogens is 1. The topological polar surface area (TPSA) is 48.0 Å². The Morgan fingerprint density at radius 2 is 2.00 bits per heavy atom. The third kappa shape index (κ3) is 3.57. The minimum absolute atomic E-state index is 0.319. The third-order valence-corrected chi connectivity index (χ3v) is 4.92. The number of halogens is 2. The fourth-order valence-electron chi connectivity index (χ4n) is 1.67. The highest BCUT2D eigenvalue weighted by atomic mass is 35.5. The predicted molar refractivity (Wildman–Crippen MR) is 86.5 cm³/mol. The van der Waals surface area contributed by atoms with Crippen molar-refractivity contribution in [2.45, 2.75) is 32.1 Å². The van der Waals surface area contributed by atoms with E-state index in [1.165, 1.54) is 0 Å². The second-order valence-corrected chi connectivity index (χ2v) is 8.27. The summed E-state index contributed by atoms with van der Waals surface area (Å²) in [6.45, 7) is 6.14. The van der Waals surface area contributed by atoms with E-state index in [1.807, 2.05) is 39.0 Å². The van der Waals surface area contributed by atoms with E-state index in [1.54, 1.807) is 6.07 Å². The first-order valence-corrected chi connectivity index (χ1v) is 8.08. The minimum Gasteiger partial charge on any atom is -0.598 e. The molecule has 3 nitrogen and oxygen atoms in total. The maximum atomic E-state index is 12.0. The van der Waals surface area contributed by atoms with Gasteiger partial charge in [-0.1, -0.05) is 35.3 Å². The number of hydrogen-bond donors (Lipinski definition) is 1. The molecule has 6 heteroatoms. The van der Waals surface area contributed by atoms with Crippen molar-refractivity contribution in [1.82, 2.24) is 9.71 Å². The van der Waals surface area contributed by atoms with Crippen molar-refractivity contribution in [3.05, 3.63) is 40.0 Å². The summed E-state index contributed by atoms with van der Waals surface area (Å²) in [4.78, 5) is 4.31. The lowest BCUT2D eigenvalue weighted by atomic mass is 10.1. The van der Waals surface area contributed by atoms with Gasteiger partial charge in [0.25, 0.3) is 0 Å². The molecule has 2 rings (SSSR count). The molecule has 1 heterocycles. The van der Waals surface area contributed by atoms with Crippen molar-refractivity contribution in [3.63, 3.8) is 0 Å². The lowest BCUT2D eigenvalue weighted by Crippen LogP contribution is -2.39. The highest BCUT2D eigenvalue weighted by Crippen LogP contribution is 2.26. The molecule has 0 spiro atoms. The van der Waals surface area contributed by atoms with Crippen molar-refractivity contribution in [2.24, 2.45) is 0 Å². The zero-order valence-corrected chi connectivity index (χ0v) is 13.9. The Hall–Kier alpha value is -0.520. The Balaban J connectivity index is 2.25. The van der Waals surface area contributed by atoms with Crippen molar-refractivity contribution in [1.29, 1.82) is 0 Å². The first-order valence-electron chi connectivity index (χ1n) is 6.18. The average Bonchev–Trinajstić information content (AvgIpc) is 2.36. The summed E-state index contributed by atoms with van der Waals surface area (Å²) in [7, 11) is 0. The van der Waals surface area contributed by atoms with E-state index >= 15 is 0 Å². The van der Waals surface area contributed by atoms with Gasteiger partial charge in [-0.2, -0.15) is 0 Å². The van der Waals surface area contributed by atoms with Crippen LogP contribution in [0, 0.1) is 0 Å². The molecule has 2 aromatic rings. The normalized spacial score (nSPS) is 13.7. The van der Waals surface area contributed by atoms with Gasteiger partial charge in [-0.25, -0.2) is 4.98 Å². The van der Waals surface area contributed by atoms with Gasteiger partial charge in [0.15, 0.2) is 0 Å². The number of para-hydroxylation sites is 1. The average molecular weight is 331 g/mol. The minimum atomic E-state index is -1.15. The molecule has 0 aliphatic rings. The molecule has 1 N–H and O–H groups in total. The highest BCUT2D eigenvalue weighted by molar-refractivity contribution is 7.90. The maximum Gasteiger partial charge on any atom is 0.136 e. The SMILES string of the molecule is CC(C)(C)[S+]([O-])NCc1cc2cccc(Cl)c2nc1Cl. The summed E-state index contributed by atoms with van der Waals surface area (Å²) < 4.78 is 14.6. The molecule has 0 aliphatic heterocycles. The Morgan fingerprint density at radius 1 is 1.30 bits per heavy atom. The Morgan fingerprint density at radius 3 is 2.65 bits per heavy atom. The van der Waals surface area contributed by atoms with Crippen molar-refractivity contribution in [3.8, 4) is 0 Å². The van der Waals surface area contributed by atoms with Gasteiger partial charge in [0.1, 0.15) is 9.90 Å². The molecule has 0 fully saturated rings. The van der Waals surface area contributed by atoms with Crippen LogP contribution in [-0.2, 0) is 17.9 Å². The number of fused-ring (bicyclic) bond motifs is 1. The van der Waals surface area contributed by atoms with Gasteiger partial charge in [-0.05, 0) is 32.9 Å². The lowest BCUT2D eigenvalue weighted by molar-refractivity contribution is 0.544. The first-order chi connectivity index (χ1) is 9.29. The second kappa shape index (κ2) is 6.08. The van der Waals surface area contributed by atoms with Crippen LogP contribution in [0.5, 0.6) is 0 Å². The smallest absolute Gasteiger partial charge is 0.136 e. The summed E-state index contributed by atoms with van der Waals surface area (Å²) in [5, 5.41) is 1.87. The lowest BCUT2D eigenvalue weighted by Gasteiger charge is -2.23. The Bertz CT molecular complexity index is 628. The van der Waals surface area contributed by atoms with E-state index in [0.717, 1.165) is 10.9 Å². The van der Waals surface area contributed by atoms with Gasteiger partial charge in [0, 0.05) is 22.3 Å². The van der Waals surface area contributed by atoms with Crippen LogP contribution in [0.4, 0.5) is 0 Å². The summed E-state index contributed by atoms with van der Waals surface area (Å²) in [5.41, 5.74) is 1.49. The Labute approximate surface area is 132 Å². The largest absolute Gasteiger partial charge is 0.598 e. The van der Waals surface area contributed by atoms with E-state index in [-0.39, 0.29) is 4.75 Å². The number of nitrogens with zero attached hydrogens (tertiary/aromatic N) is 1. The van der Waals surface area contributed by atoms with Crippen LogP contribution >= 0.6 is 23.2 Å². The van der Waals surface area contributed by atoms with E-state index in [4.69, 9.17) is 23.2 Å². The fourth-order valence-corrected chi connectivity index (χ4v) is 2.82. The molecule has 1 aromatic heterocycles. The molecule has 20 heavy (non-hydrogen) atoms. The van der Waals surface area contributed by atoms with Crippen molar-refractivity contribution < 1.29 is 4.55 Å². The molecule has 0 saturated carbocycles. The molecular weight excluding hydrogens is 315 g/mol. The van der Waals surface area contributed by atoms with Gasteiger partial charge < -0.3 is 4.55 Å². The van der Waals surface area contributed by atoms with E-state index in [9.17, 15) is 4.55 Å². The number of pyridine rings is 1. The van der Waals surface area contributed by atoms with Crippen LogP contribution in [-0.4, -0.2) is 14.3 Å². The van der Waals surface area contributed by atoms with Crippen LogP contribution < -0.4 is 4.72 Å².